The number of hydrogen-bond acceptors (Lipinski definition) is 6. The molecule has 0 saturated carbocycles. The molecule has 0 aliphatic rings. The van der Waals surface area contributed by atoms with E-state index in [0.29, 0.717) is 12.2 Å². The fraction of sp³-hybridized carbons (Fsp3) is 0.316. The van der Waals surface area contributed by atoms with Gasteiger partial charge in [-0.05, 0) is 62.7 Å². The number of nitrogens with one attached hydrogen (secondary N) is 1. The lowest BCUT2D eigenvalue weighted by atomic mass is 10.1. The summed E-state index contributed by atoms with van der Waals surface area (Å²) in [4.78, 5) is 4.07. The van der Waals surface area contributed by atoms with Crippen molar-refractivity contribution in [3.05, 3.63) is 53.9 Å². The Hall–Kier alpha value is -2.23. The second-order valence-electron chi connectivity index (χ2n) is 6.37. The number of benzene rings is 1. The first-order chi connectivity index (χ1) is 13.4. The smallest absolute Gasteiger partial charge is 0.211 e. The summed E-state index contributed by atoms with van der Waals surface area (Å²) in [6.07, 6.45) is 3.98. The molecule has 0 spiro atoms. The van der Waals surface area contributed by atoms with Crippen LogP contribution < -0.4 is 4.72 Å². The number of rotatable bonds is 8. The second-order valence-corrected chi connectivity index (χ2v) is 9.48. The van der Waals surface area contributed by atoms with Crippen molar-refractivity contribution in [3.8, 4) is 17.1 Å². The Bertz CT molecular complexity index is 1050. The van der Waals surface area contributed by atoms with Crippen LogP contribution in [0.5, 0.6) is 0 Å². The van der Waals surface area contributed by atoms with Gasteiger partial charge in [-0.2, -0.15) is 0 Å². The van der Waals surface area contributed by atoms with E-state index >= 15 is 0 Å². The predicted octanol–water partition coefficient (Wildman–Crippen LogP) is 2.98. The van der Waals surface area contributed by atoms with Crippen LogP contribution in [-0.4, -0.2) is 46.7 Å². The first-order valence-electron chi connectivity index (χ1n) is 8.89. The molecular formula is C19H23N5O2S2. The molecule has 2 heterocycles. The van der Waals surface area contributed by atoms with Crippen molar-refractivity contribution in [1.29, 1.82) is 0 Å². The minimum atomic E-state index is -3.20. The molecule has 28 heavy (non-hydrogen) atoms. The van der Waals surface area contributed by atoms with Gasteiger partial charge in [-0.1, -0.05) is 17.8 Å². The molecule has 0 radical (unpaired) electrons. The number of thioether (sulfide) groups is 1. The molecule has 1 aromatic carbocycles. The van der Waals surface area contributed by atoms with Crippen molar-refractivity contribution < 1.29 is 8.42 Å². The van der Waals surface area contributed by atoms with Gasteiger partial charge in [0.2, 0.25) is 10.0 Å². The molecule has 3 aromatic rings. The molecule has 7 nitrogen and oxygen atoms in total. The summed E-state index contributed by atoms with van der Waals surface area (Å²) in [5.41, 5.74) is 4.30. The third kappa shape index (κ3) is 4.78. The Morgan fingerprint density at radius 2 is 1.82 bits per heavy atom. The molecule has 0 fully saturated rings. The molecule has 2 aromatic heterocycles. The normalized spacial score (nSPS) is 11.7. The van der Waals surface area contributed by atoms with Gasteiger partial charge in [0.05, 0.1) is 11.4 Å². The summed E-state index contributed by atoms with van der Waals surface area (Å²) in [5, 5.41) is 9.49. The number of aryl methyl sites for hydroxylation is 2. The highest BCUT2D eigenvalue weighted by atomic mass is 32.2. The Labute approximate surface area is 169 Å². The summed E-state index contributed by atoms with van der Waals surface area (Å²) in [6, 6.07) is 10.0. The minimum Gasteiger partial charge on any atom is -0.270 e. The van der Waals surface area contributed by atoms with Crippen molar-refractivity contribution in [3.63, 3.8) is 0 Å². The van der Waals surface area contributed by atoms with Crippen LogP contribution >= 0.6 is 11.8 Å². The second kappa shape index (κ2) is 8.85. The highest BCUT2D eigenvalue weighted by Crippen LogP contribution is 2.29. The Morgan fingerprint density at radius 3 is 2.50 bits per heavy atom. The third-order valence-electron chi connectivity index (χ3n) is 4.42. The molecule has 148 valence electrons. The molecule has 0 aliphatic carbocycles. The lowest BCUT2D eigenvalue weighted by Gasteiger charge is -2.12. The van der Waals surface area contributed by atoms with E-state index in [0.717, 1.165) is 22.2 Å². The molecule has 0 saturated heterocycles. The lowest BCUT2D eigenvalue weighted by Crippen LogP contribution is -2.22. The molecule has 0 amide bonds. The van der Waals surface area contributed by atoms with Crippen LogP contribution in [0, 0.1) is 13.8 Å². The molecule has 0 unspecified atom stereocenters. The van der Waals surface area contributed by atoms with E-state index in [1.54, 1.807) is 12.4 Å². The fourth-order valence-corrected chi connectivity index (χ4v) is 4.47. The maximum atomic E-state index is 11.6. The summed E-state index contributed by atoms with van der Waals surface area (Å²) in [7, 11) is -1.77. The largest absolute Gasteiger partial charge is 0.270 e. The van der Waals surface area contributed by atoms with Gasteiger partial charge in [0.25, 0.3) is 0 Å². The quantitative estimate of drug-likeness (QED) is 0.448. The van der Waals surface area contributed by atoms with Crippen LogP contribution in [0.1, 0.15) is 17.5 Å². The van der Waals surface area contributed by atoms with E-state index in [2.05, 4.69) is 45.9 Å². The van der Waals surface area contributed by atoms with Crippen molar-refractivity contribution in [2.24, 2.45) is 0 Å². The number of sulfonamides is 1. The SMILES string of the molecule is CNS(=O)(=O)CCCSc1nnc(-c2ccncc2)n1-c1ccc(C)c(C)c1. The minimum absolute atomic E-state index is 0.0888. The van der Waals surface area contributed by atoms with Crippen molar-refractivity contribution in [1.82, 2.24) is 24.5 Å². The monoisotopic (exact) mass is 417 g/mol. The van der Waals surface area contributed by atoms with Gasteiger partial charge in [-0.3, -0.25) is 9.55 Å². The molecule has 1 N–H and O–H groups in total. The van der Waals surface area contributed by atoms with E-state index in [1.165, 1.54) is 29.9 Å². The zero-order valence-corrected chi connectivity index (χ0v) is 17.7. The zero-order valence-electron chi connectivity index (χ0n) is 16.1. The van der Waals surface area contributed by atoms with Crippen LogP contribution in [0.4, 0.5) is 0 Å². The Morgan fingerprint density at radius 1 is 1.07 bits per heavy atom. The van der Waals surface area contributed by atoms with Gasteiger partial charge in [0.15, 0.2) is 11.0 Å². The van der Waals surface area contributed by atoms with Gasteiger partial charge in [0.1, 0.15) is 0 Å². The van der Waals surface area contributed by atoms with Gasteiger partial charge < -0.3 is 0 Å². The topological polar surface area (TPSA) is 89.8 Å². The van der Waals surface area contributed by atoms with Crippen LogP contribution in [0.2, 0.25) is 0 Å². The predicted molar refractivity (Wildman–Crippen MR) is 112 cm³/mol. The summed E-state index contributed by atoms with van der Waals surface area (Å²) in [6.45, 7) is 4.15. The number of hydrogen-bond donors (Lipinski definition) is 1. The van der Waals surface area contributed by atoms with Gasteiger partial charge in [-0.25, -0.2) is 13.1 Å². The van der Waals surface area contributed by atoms with Crippen molar-refractivity contribution in [2.45, 2.75) is 25.4 Å². The fourth-order valence-electron chi connectivity index (χ4n) is 2.66. The maximum absolute atomic E-state index is 11.6. The standard InChI is InChI=1S/C19H23N5O2S2/c1-14-5-6-17(13-15(14)2)24-18(16-7-9-21-10-8-16)22-23-19(24)27-11-4-12-28(25,26)20-3/h5-10,13,20H,4,11-12H2,1-3H3. The third-order valence-corrected chi connectivity index (χ3v) is 6.88. The molecule has 0 atom stereocenters. The molecule has 0 bridgehead atoms. The van der Waals surface area contributed by atoms with E-state index in [-0.39, 0.29) is 5.75 Å². The van der Waals surface area contributed by atoms with E-state index in [9.17, 15) is 8.42 Å². The molecule has 9 heteroatoms. The Kier molecular flexibility index (Phi) is 6.48. The molecule has 3 rings (SSSR count). The van der Waals surface area contributed by atoms with E-state index in [4.69, 9.17) is 0 Å². The summed E-state index contributed by atoms with van der Waals surface area (Å²) >= 11 is 1.50. The number of pyridine rings is 1. The zero-order chi connectivity index (χ0) is 20.1. The highest BCUT2D eigenvalue weighted by molar-refractivity contribution is 7.99. The summed E-state index contributed by atoms with van der Waals surface area (Å²) in [5.74, 6) is 1.45. The van der Waals surface area contributed by atoms with Crippen molar-refractivity contribution in [2.75, 3.05) is 18.6 Å². The highest BCUT2D eigenvalue weighted by Gasteiger charge is 2.17. The van der Waals surface area contributed by atoms with Gasteiger partial charge >= 0.3 is 0 Å². The van der Waals surface area contributed by atoms with E-state index < -0.39 is 10.0 Å². The number of nitrogens with zero attached hydrogens (tertiary/aromatic N) is 4. The molecular weight excluding hydrogens is 394 g/mol. The van der Waals surface area contributed by atoms with E-state index in [1.807, 2.05) is 22.8 Å². The van der Waals surface area contributed by atoms with Gasteiger partial charge in [-0.15, -0.1) is 10.2 Å². The average molecular weight is 418 g/mol. The van der Waals surface area contributed by atoms with Crippen molar-refractivity contribution >= 4 is 21.8 Å². The maximum Gasteiger partial charge on any atom is 0.211 e. The van der Waals surface area contributed by atoms with Crippen LogP contribution in [0.15, 0.2) is 47.9 Å². The summed E-state index contributed by atoms with van der Waals surface area (Å²) < 4.78 is 27.5. The van der Waals surface area contributed by atoms with Crippen LogP contribution in [0.3, 0.4) is 0 Å². The Balaban J connectivity index is 1.92. The number of aromatic nitrogens is 4. The van der Waals surface area contributed by atoms with Gasteiger partial charge in [0, 0.05) is 23.7 Å². The lowest BCUT2D eigenvalue weighted by molar-refractivity contribution is 0.587. The molecule has 0 aliphatic heterocycles. The first-order valence-corrected chi connectivity index (χ1v) is 11.5. The average Bonchev–Trinajstić information content (AvgIpc) is 3.12. The first kappa shape index (κ1) is 20.5. The van der Waals surface area contributed by atoms with Crippen LogP contribution in [0.25, 0.3) is 17.1 Å². The van der Waals surface area contributed by atoms with Crippen LogP contribution in [-0.2, 0) is 10.0 Å².